The summed E-state index contributed by atoms with van der Waals surface area (Å²) in [6.45, 7) is 11.1. The third kappa shape index (κ3) is 4.96. The van der Waals surface area contributed by atoms with E-state index in [9.17, 15) is 0 Å². The summed E-state index contributed by atoms with van der Waals surface area (Å²) in [5.74, 6) is 1.25. The lowest BCUT2D eigenvalue weighted by atomic mass is 10.1. The van der Waals surface area contributed by atoms with Crippen LogP contribution in [0.25, 0.3) is 0 Å². The molecule has 0 aromatic carbocycles. The topological polar surface area (TPSA) is 30.5 Å². The summed E-state index contributed by atoms with van der Waals surface area (Å²) >= 11 is 0. The Labute approximate surface area is 93.5 Å². The predicted octanol–water partition coefficient (Wildman–Crippen LogP) is 1.67. The summed E-state index contributed by atoms with van der Waals surface area (Å²) in [7, 11) is 0. The third-order valence-electron chi connectivity index (χ3n) is 2.95. The smallest absolute Gasteiger partial charge is 0.0622 e. The van der Waals surface area contributed by atoms with Crippen LogP contribution in [0, 0.1) is 11.8 Å². The fraction of sp³-hybridized carbons (Fsp3) is 1.00. The molecular formula is C12H25NO2. The lowest BCUT2D eigenvalue weighted by Gasteiger charge is -2.22. The molecule has 0 aliphatic carbocycles. The Morgan fingerprint density at radius 2 is 2.27 bits per heavy atom. The summed E-state index contributed by atoms with van der Waals surface area (Å²) in [6.07, 6.45) is 1.16. The molecule has 1 aliphatic heterocycles. The van der Waals surface area contributed by atoms with E-state index in [-0.39, 0.29) is 0 Å². The Hall–Kier alpha value is -0.120. The highest BCUT2D eigenvalue weighted by atomic mass is 16.5. The Morgan fingerprint density at radius 1 is 1.47 bits per heavy atom. The summed E-state index contributed by atoms with van der Waals surface area (Å²) in [5.41, 5.74) is 0. The number of rotatable bonds is 7. The predicted molar refractivity (Wildman–Crippen MR) is 62.0 cm³/mol. The monoisotopic (exact) mass is 215 g/mol. The van der Waals surface area contributed by atoms with E-state index in [1.807, 2.05) is 0 Å². The minimum atomic E-state index is 0.484. The van der Waals surface area contributed by atoms with Crippen molar-refractivity contribution in [3.8, 4) is 0 Å². The maximum absolute atomic E-state index is 5.75. The molecule has 0 spiro atoms. The lowest BCUT2D eigenvalue weighted by Crippen LogP contribution is -2.38. The van der Waals surface area contributed by atoms with Crippen LogP contribution in [0.4, 0.5) is 0 Å². The van der Waals surface area contributed by atoms with Gasteiger partial charge in [-0.05, 0) is 18.9 Å². The molecule has 3 nitrogen and oxygen atoms in total. The van der Waals surface area contributed by atoms with Crippen LogP contribution in [-0.4, -0.2) is 39.0 Å². The van der Waals surface area contributed by atoms with Gasteiger partial charge in [-0.25, -0.2) is 0 Å². The van der Waals surface area contributed by atoms with Gasteiger partial charge in [0.05, 0.1) is 19.8 Å². The molecule has 1 rings (SSSR count). The van der Waals surface area contributed by atoms with Crippen LogP contribution >= 0.6 is 0 Å². The zero-order valence-electron chi connectivity index (χ0n) is 10.3. The number of hydrogen-bond donors (Lipinski definition) is 1. The van der Waals surface area contributed by atoms with Crippen LogP contribution in [-0.2, 0) is 9.47 Å². The molecule has 15 heavy (non-hydrogen) atoms. The molecule has 90 valence electrons. The van der Waals surface area contributed by atoms with Gasteiger partial charge in [-0.15, -0.1) is 0 Å². The molecule has 0 saturated carbocycles. The quantitative estimate of drug-likeness (QED) is 0.701. The highest BCUT2D eigenvalue weighted by molar-refractivity contribution is 4.70. The van der Waals surface area contributed by atoms with Crippen LogP contribution < -0.4 is 5.32 Å². The van der Waals surface area contributed by atoms with Gasteiger partial charge in [0.25, 0.3) is 0 Å². The van der Waals surface area contributed by atoms with Gasteiger partial charge in [0.2, 0.25) is 0 Å². The van der Waals surface area contributed by atoms with E-state index in [4.69, 9.17) is 9.47 Å². The van der Waals surface area contributed by atoms with Crippen LogP contribution in [0.1, 0.15) is 27.2 Å². The minimum Gasteiger partial charge on any atom is -0.381 e. The molecule has 2 atom stereocenters. The fourth-order valence-electron chi connectivity index (χ4n) is 1.83. The van der Waals surface area contributed by atoms with Gasteiger partial charge < -0.3 is 14.8 Å². The summed E-state index contributed by atoms with van der Waals surface area (Å²) in [4.78, 5) is 0. The van der Waals surface area contributed by atoms with Gasteiger partial charge in [-0.3, -0.25) is 0 Å². The molecule has 0 radical (unpaired) electrons. The highest BCUT2D eigenvalue weighted by Crippen LogP contribution is 2.12. The molecule has 2 unspecified atom stereocenters. The zero-order chi connectivity index (χ0) is 11.1. The van der Waals surface area contributed by atoms with Crippen molar-refractivity contribution in [1.29, 1.82) is 0 Å². The van der Waals surface area contributed by atoms with Gasteiger partial charge in [0, 0.05) is 18.6 Å². The Kier molecular flexibility index (Phi) is 6.22. The molecule has 0 aromatic rings. The molecule has 0 amide bonds. The third-order valence-corrected chi connectivity index (χ3v) is 2.95. The van der Waals surface area contributed by atoms with Gasteiger partial charge in [-0.2, -0.15) is 0 Å². The lowest BCUT2D eigenvalue weighted by molar-refractivity contribution is 0.0660. The first-order valence-corrected chi connectivity index (χ1v) is 6.13. The first-order valence-electron chi connectivity index (χ1n) is 6.13. The second-order valence-corrected chi connectivity index (χ2v) is 4.68. The van der Waals surface area contributed by atoms with Crippen molar-refractivity contribution in [2.75, 3.05) is 33.0 Å². The Balaban J connectivity index is 2.09. The van der Waals surface area contributed by atoms with Crippen LogP contribution in [0.15, 0.2) is 0 Å². The van der Waals surface area contributed by atoms with Crippen molar-refractivity contribution in [3.63, 3.8) is 0 Å². The maximum atomic E-state index is 5.75. The number of hydrogen-bond acceptors (Lipinski definition) is 3. The van der Waals surface area contributed by atoms with Crippen molar-refractivity contribution in [2.24, 2.45) is 11.8 Å². The first kappa shape index (κ1) is 12.9. The minimum absolute atomic E-state index is 0.484. The molecule has 1 saturated heterocycles. The zero-order valence-corrected chi connectivity index (χ0v) is 10.3. The largest absolute Gasteiger partial charge is 0.381 e. The number of ether oxygens (including phenoxy) is 2. The number of likely N-dealkylation sites (N-methyl/N-ethyl adjacent to an activating group) is 1. The van der Waals surface area contributed by atoms with E-state index in [0.717, 1.165) is 39.4 Å². The number of nitrogens with one attached hydrogen (secondary N) is 1. The van der Waals surface area contributed by atoms with E-state index in [1.54, 1.807) is 0 Å². The molecule has 1 N–H and O–H groups in total. The maximum Gasteiger partial charge on any atom is 0.0622 e. The second-order valence-electron chi connectivity index (χ2n) is 4.68. The summed E-state index contributed by atoms with van der Waals surface area (Å²) < 4.78 is 11.1. The Bertz CT molecular complexity index is 156. The van der Waals surface area contributed by atoms with Crippen LogP contribution in [0.3, 0.4) is 0 Å². The van der Waals surface area contributed by atoms with E-state index in [1.165, 1.54) is 0 Å². The van der Waals surface area contributed by atoms with Crippen molar-refractivity contribution in [1.82, 2.24) is 5.32 Å². The normalized spacial score (nSPS) is 23.6. The van der Waals surface area contributed by atoms with Gasteiger partial charge >= 0.3 is 0 Å². The molecule has 0 aromatic heterocycles. The van der Waals surface area contributed by atoms with Gasteiger partial charge in [0.15, 0.2) is 0 Å². The summed E-state index contributed by atoms with van der Waals surface area (Å²) in [6, 6.07) is 0.484. The van der Waals surface area contributed by atoms with Gasteiger partial charge in [-0.1, -0.05) is 20.8 Å². The van der Waals surface area contributed by atoms with E-state index in [2.05, 4.69) is 26.1 Å². The SMILES string of the molecule is CCNC(COCC1CCOC1)C(C)C. The molecule has 3 heteroatoms. The van der Waals surface area contributed by atoms with Crippen molar-refractivity contribution in [2.45, 2.75) is 33.2 Å². The molecule has 1 aliphatic rings. The van der Waals surface area contributed by atoms with Crippen molar-refractivity contribution >= 4 is 0 Å². The molecular weight excluding hydrogens is 190 g/mol. The van der Waals surface area contributed by atoms with E-state index < -0.39 is 0 Å². The second kappa shape index (κ2) is 7.20. The first-order chi connectivity index (χ1) is 7.24. The average molecular weight is 215 g/mol. The van der Waals surface area contributed by atoms with Crippen molar-refractivity contribution in [3.05, 3.63) is 0 Å². The fourth-order valence-corrected chi connectivity index (χ4v) is 1.83. The average Bonchev–Trinajstić information content (AvgIpc) is 2.69. The van der Waals surface area contributed by atoms with Gasteiger partial charge in [0.1, 0.15) is 0 Å². The highest BCUT2D eigenvalue weighted by Gasteiger charge is 2.17. The van der Waals surface area contributed by atoms with Crippen LogP contribution in [0.5, 0.6) is 0 Å². The molecule has 0 bridgehead atoms. The summed E-state index contributed by atoms with van der Waals surface area (Å²) in [5, 5.41) is 3.45. The van der Waals surface area contributed by atoms with E-state index >= 15 is 0 Å². The van der Waals surface area contributed by atoms with Crippen LogP contribution in [0.2, 0.25) is 0 Å². The molecule has 1 fully saturated rings. The Morgan fingerprint density at radius 3 is 2.80 bits per heavy atom. The van der Waals surface area contributed by atoms with Crippen molar-refractivity contribution < 1.29 is 9.47 Å². The van der Waals surface area contributed by atoms with E-state index in [0.29, 0.717) is 17.9 Å². The molecule has 1 heterocycles. The standard InChI is InChI=1S/C12H25NO2/c1-4-13-12(10(2)3)9-15-8-11-5-6-14-7-11/h10-13H,4-9H2,1-3H3.